The van der Waals surface area contributed by atoms with E-state index in [2.05, 4.69) is 93.6 Å². The molecule has 0 radical (unpaired) electrons. The van der Waals surface area contributed by atoms with Crippen molar-refractivity contribution in [1.82, 2.24) is 0 Å². The molecule has 1 aliphatic rings. The van der Waals surface area contributed by atoms with Gasteiger partial charge in [-0.05, 0) is 35.7 Å². The Kier molecular flexibility index (Phi) is 4.32. The van der Waals surface area contributed by atoms with E-state index in [0.29, 0.717) is 0 Å². The van der Waals surface area contributed by atoms with Crippen LogP contribution in [0.2, 0.25) is 0 Å². The maximum atomic E-state index is 2.45. The molecular formula is C21H23P. The molecule has 0 saturated heterocycles. The molecule has 2 aromatic rings. The Morgan fingerprint density at radius 3 is 1.68 bits per heavy atom. The number of allylic oxidation sites excluding steroid dienone is 4. The number of hydrogen-bond acceptors (Lipinski definition) is 0. The smallest absolute Gasteiger partial charge is 0.0121 e. The normalized spacial score (nSPS) is 14.9. The van der Waals surface area contributed by atoms with Crippen LogP contribution in [0.3, 0.4) is 0 Å². The summed E-state index contributed by atoms with van der Waals surface area (Å²) in [5.41, 5.74) is 1.80. The standard InChI is InChI=1S/C21H23P/c1-21(2,3)17-14-15-20(16-17)22(18-10-6-4-7-11-18)19-12-8-5-9-13-19/h4-13,15-16H,14H2,1-3H3. The van der Waals surface area contributed by atoms with Gasteiger partial charge >= 0.3 is 0 Å². The van der Waals surface area contributed by atoms with Gasteiger partial charge in [0.15, 0.2) is 0 Å². The highest BCUT2D eigenvalue weighted by Crippen LogP contribution is 2.48. The Morgan fingerprint density at radius 1 is 0.773 bits per heavy atom. The molecule has 0 aliphatic heterocycles. The molecule has 0 atom stereocenters. The van der Waals surface area contributed by atoms with Gasteiger partial charge in [0.05, 0.1) is 0 Å². The maximum Gasteiger partial charge on any atom is -0.0121 e. The molecule has 0 spiro atoms. The van der Waals surface area contributed by atoms with Crippen molar-refractivity contribution in [2.45, 2.75) is 27.2 Å². The first-order valence-corrected chi connectivity index (χ1v) is 9.21. The summed E-state index contributed by atoms with van der Waals surface area (Å²) in [4.78, 5) is 0. The second kappa shape index (κ2) is 6.23. The van der Waals surface area contributed by atoms with Crippen LogP contribution >= 0.6 is 7.92 Å². The molecule has 3 rings (SSSR count). The number of rotatable bonds is 3. The first-order valence-electron chi connectivity index (χ1n) is 7.87. The molecule has 0 N–H and O–H groups in total. The third-order valence-corrected chi connectivity index (χ3v) is 6.56. The Labute approximate surface area is 135 Å². The van der Waals surface area contributed by atoms with Gasteiger partial charge in [0, 0.05) is 0 Å². The van der Waals surface area contributed by atoms with Gasteiger partial charge in [-0.1, -0.05) is 99.2 Å². The number of benzene rings is 2. The molecule has 0 heterocycles. The van der Waals surface area contributed by atoms with Crippen LogP contribution in [0.15, 0.2) is 83.7 Å². The van der Waals surface area contributed by atoms with Crippen molar-refractivity contribution in [3.63, 3.8) is 0 Å². The van der Waals surface area contributed by atoms with Crippen LogP contribution in [-0.4, -0.2) is 0 Å². The summed E-state index contributed by atoms with van der Waals surface area (Å²) in [5.74, 6) is 0. The third-order valence-electron chi connectivity index (χ3n) is 4.10. The van der Waals surface area contributed by atoms with Gasteiger partial charge in [-0.15, -0.1) is 0 Å². The van der Waals surface area contributed by atoms with Gasteiger partial charge in [-0.25, -0.2) is 0 Å². The molecule has 1 heteroatoms. The van der Waals surface area contributed by atoms with E-state index >= 15 is 0 Å². The van der Waals surface area contributed by atoms with Crippen molar-refractivity contribution in [1.29, 1.82) is 0 Å². The van der Waals surface area contributed by atoms with Gasteiger partial charge in [0.1, 0.15) is 0 Å². The van der Waals surface area contributed by atoms with Crippen molar-refractivity contribution in [2.75, 3.05) is 0 Å². The fourth-order valence-corrected chi connectivity index (χ4v) is 5.18. The topological polar surface area (TPSA) is 0 Å². The van der Waals surface area contributed by atoms with Crippen molar-refractivity contribution < 1.29 is 0 Å². The molecule has 0 aromatic heterocycles. The Hall–Kier alpha value is -1.65. The van der Waals surface area contributed by atoms with Crippen LogP contribution in [0.25, 0.3) is 0 Å². The fraction of sp³-hybridized carbons (Fsp3) is 0.238. The predicted octanol–water partition coefficient (Wildman–Crippen LogP) is 5.38. The Balaban J connectivity index is 2.03. The van der Waals surface area contributed by atoms with E-state index in [1.807, 2.05) is 0 Å². The molecule has 0 saturated carbocycles. The average molecular weight is 306 g/mol. The minimum atomic E-state index is -0.441. The lowest BCUT2D eigenvalue weighted by molar-refractivity contribution is 0.496. The van der Waals surface area contributed by atoms with E-state index < -0.39 is 7.92 Å². The zero-order valence-electron chi connectivity index (χ0n) is 13.6. The fourth-order valence-electron chi connectivity index (χ4n) is 2.79. The lowest BCUT2D eigenvalue weighted by Crippen LogP contribution is -2.12. The van der Waals surface area contributed by atoms with Gasteiger partial charge in [-0.3, -0.25) is 0 Å². The van der Waals surface area contributed by atoms with Crippen molar-refractivity contribution >= 4 is 18.5 Å². The first-order chi connectivity index (χ1) is 10.6. The predicted molar refractivity (Wildman–Crippen MR) is 99.3 cm³/mol. The van der Waals surface area contributed by atoms with Crippen LogP contribution in [0.5, 0.6) is 0 Å². The maximum absolute atomic E-state index is 2.45. The van der Waals surface area contributed by atoms with Crippen LogP contribution in [0.4, 0.5) is 0 Å². The SMILES string of the molecule is CC(C)(C)C1=CC(P(c2ccccc2)c2ccccc2)=CC1. The van der Waals surface area contributed by atoms with E-state index in [4.69, 9.17) is 0 Å². The number of hydrogen-bond donors (Lipinski definition) is 0. The molecule has 0 amide bonds. The van der Waals surface area contributed by atoms with Gasteiger partial charge in [0.2, 0.25) is 0 Å². The summed E-state index contributed by atoms with van der Waals surface area (Å²) in [7, 11) is -0.441. The first kappa shape index (κ1) is 15.3. The van der Waals surface area contributed by atoms with Gasteiger partial charge in [-0.2, -0.15) is 0 Å². The van der Waals surface area contributed by atoms with Crippen LogP contribution < -0.4 is 10.6 Å². The van der Waals surface area contributed by atoms with E-state index in [1.54, 1.807) is 5.57 Å². The highest BCUT2D eigenvalue weighted by atomic mass is 31.1. The minimum absolute atomic E-state index is 0.257. The molecule has 0 bridgehead atoms. The molecular weight excluding hydrogens is 283 g/mol. The lowest BCUT2D eigenvalue weighted by atomic mass is 9.86. The van der Waals surface area contributed by atoms with Crippen LogP contribution in [0.1, 0.15) is 27.2 Å². The zero-order chi connectivity index (χ0) is 15.6. The van der Waals surface area contributed by atoms with Crippen molar-refractivity contribution in [3.05, 3.63) is 83.7 Å². The summed E-state index contributed by atoms with van der Waals surface area (Å²) in [5, 5.41) is 4.36. The molecule has 0 fully saturated rings. The second-order valence-electron chi connectivity index (χ2n) is 6.76. The summed E-state index contributed by atoms with van der Waals surface area (Å²) >= 11 is 0. The van der Waals surface area contributed by atoms with E-state index in [-0.39, 0.29) is 5.41 Å². The lowest BCUT2D eigenvalue weighted by Gasteiger charge is -2.21. The quantitative estimate of drug-likeness (QED) is 0.668. The van der Waals surface area contributed by atoms with E-state index in [9.17, 15) is 0 Å². The molecule has 1 aliphatic carbocycles. The Morgan fingerprint density at radius 2 is 1.27 bits per heavy atom. The minimum Gasteiger partial charge on any atom is -0.0721 e. The highest BCUT2D eigenvalue weighted by Gasteiger charge is 2.25. The summed E-state index contributed by atoms with van der Waals surface area (Å²) < 4.78 is 0. The Bertz CT molecular complexity index is 648. The summed E-state index contributed by atoms with van der Waals surface area (Å²) in [6.07, 6.45) is 5.98. The molecule has 2 aromatic carbocycles. The van der Waals surface area contributed by atoms with Crippen LogP contribution in [0, 0.1) is 5.41 Å². The average Bonchev–Trinajstić information content (AvgIpc) is 2.99. The van der Waals surface area contributed by atoms with Crippen molar-refractivity contribution in [3.8, 4) is 0 Å². The zero-order valence-corrected chi connectivity index (χ0v) is 14.5. The van der Waals surface area contributed by atoms with Crippen molar-refractivity contribution in [2.24, 2.45) is 5.41 Å². The van der Waals surface area contributed by atoms with Crippen LogP contribution in [-0.2, 0) is 0 Å². The summed E-state index contributed by atoms with van der Waals surface area (Å²) in [6.45, 7) is 6.93. The molecule has 0 unspecified atom stereocenters. The van der Waals surface area contributed by atoms with Gasteiger partial charge < -0.3 is 0 Å². The van der Waals surface area contributed by atoms with Gasteiger partial charge in [0.25, 0.3) is 0 Å². The van der Waals surface area contributed by atoms with E-state index in [1.165, 1.54) is 15.9 Å². The largest absolute Gasteiger partial charge is 0.0721 e. The monoisotopic (exact) mass is 306 g/mol. The summed E-state index contributed by atoms with van der Waals surface area (Å²) in [6, 6.07) is 21.9. The molecule has 0 nitrogen and oxygen atoms in total. The molecule has 22 heavy (non-hydrogen) atoms. The molecule has 112 valence electrons. The second-order valence-corrected chi connectivity index (χ2v) is 8.98. The third kappa shape index (κ3) is 3.23. The van der Waals surface area contributed by atoms with E-state index in [0.717, 1.165) is 6.42 Å². The highest BCUT2D eigenvalue weighted by molar-refractivity contribution is 7.77.